The van der Waals surface area contributed by atoms with Crippen LogP contribution < -0.4 is 10.6 Å². The fourth-order valence-corrected chi connectivity index (χ4v) is 3.52. The molecule has 3 aromatic heterocycles. The van der Waals surface area contributed by atoms with Gasteiger partial charge in [0.15, 0.2) is 11.4 Å². The molecule has 0 aliphatic heterocycles. The monoisotopic (exact) mass is 561 g/mol. The zero-order valence-corrected chi connectivity index (χ0v) is 20.7. The van der Waals surface area contributed by atoms with Crippen LogP contribution in [0.15, 0.2) is 55.1 Å². The number of carbonyl (C=O) groups excluding carboxylic acids is 2. The summed E-state index contributed by atoms with van der Waals surface area (Å²) in [4.78, 5) is 28.1. The molecule has 0 radical (unpaired) electrons. The van der Waals surface area contributed by atoms with Crippen LogP contribution in [-0.4, -0.2) is 58.1 Å². The van der Waals surface area contributed by atoms with E-state index >= 15 is 0 Å². The number of pyridine rings is 1. The highest BCUT2D eigenvalue weighted by molar-refractivity contribution is 5.92. The van der Waals surface area contributed by atoms with E-state index in [2.05, 4.69) is 36.2 Å². The summed E-state index contributed by atoms with van der Waals surface area (Å²) in [7, 11) is 0. The number of nitrogens with one attached hydrogen (secondary N) is 2. The summed E-state index contributed by atoms with van der Waals surface area (Å²) in [5, 5.41) is 29.6. The fraction of sp³-hybridized carbons (Fsp3) is 0.292. The van der Waals surface area contributed by atoms with E-state index < -0.39 is 29.7 Å². The van der Waals surface area contributed by atoms with Gasteiger partial charge in [0.1, 0.15) is 11.9 Å². The van der Waals surface area contributed by atoms with Gasteiger partial charge in [-0.25, -0.2) is 9.07 Å². The number of benzene rings is 1. The standard InChI is InChI=1S/C24H23F4N9O3/c25-18(12-37-14-21(33-35-37)23(40)30-9-15-2-1-3-19(38)7-15)4-5-36-13-20(32-34-36)22(39)31-10-16-6-17(11-29-8-16)24(26,27)28/h1-3,6-8,11,13-14,18,38H,4-5,9-10,12H2,(H,30,40)(H,31,39). The van der Waals surface area contributed by atoms with Gasteiger partial charge in [-0.1, -0.05) is 22.6 Å². The number of hydrogen-bond donors (Lipinski definition) is 3. The highest BCUT2D eigenvalue weighted by Crippen LogP contribution is 2.28. The lowest BCUT2D eigenvalue weighted by Crippen LogP contribution is -2.23. The summed E-state index contributed by atoms with van der Waals surface area (Å²) in [5.74, 6) is -1.11. The van der Waals surface area contributed by atoms with Crippen LogP contribution in [0.5, 0.6) is 5.75 Å². The number of carbonyl (C=O) groups is 2. The second-order valence-corrected chi connectivity index (χ2v) is 8.69. The third-order valence-electron chi connectivity index (χ3n) is 5.54. The Morgan fingerprint density at radius 1 is 0.925 bits per heavy atom. The Morgan fingerprint density at radius 2 is 1.57 bits per heavy atom. The number of halogens is 4. The fourth-order valence-electron chi connectivity index (χ4n) is 3.52. The molecule has 4 aromatic rings. The van der Waals surface area contributed by atoms with Gasteiger partial charge in [-0.2, -0.15) is 13.2 Å². The maximum absolute atomic E-state index is 14.5. The molecule has 0 saturated heterocycles. The van der Waals surface area contributed by atoms with Crippen molar-refractivity contribution in [1.29, 1.82) is 0 Å². The first-order valence-corrected chi connectivity index (χ1v) is 11.9. The van der Waals surface area contributed by atoms with Crippen LogP contribution >= 0.6 is 0 Å². The smallest absolute Gasteiger partial charge is 0.417 e. The third-order valence-corrected chi connectivity index (χ3v) is 5.54. The Balaban J connectivity index is 1.21. The number of phenolic OH excluding ortho intramolecular Hbond substituents is 1. The number of aryl methyl sites for hydroxylation is 1. The van der Waals surface area contributed by atoms with E-state index in [1.165, 1.54) is 40.1 Å². The van der Waals surface area contributed by atoms with E-state index in [9.17, 15) is 32.3 Å². The summed E-state index contributed by atoms with van der Waals surface area (Å²) in [6.07, 6.45) is -1.47. The average Bonchev–Trinajstić information content (AvgIpc) is 3.59. The van der Waals surface area contributed by atoms with Gasteiger partial charge in [-0.15, -0.1) is 10.2 Å². The molecule has 1 aromatic carbocycles. The minimum atomic E-state index is -4.55. The van der Waals surface area contributed by atoms with E-state index in [-0.39, 0.29) is 55.3 Å². The van der Waals surface area contributed by atoms with Crippen molar-refractivity contribution in [3.8, 4) is 5.75 Å². The maximum atomic E-state index is 14.5. The van der Waals surface area contributed by atoms with Crippen LogP contribution in [0.25, 0.3) is 0 Å². The molecule has 0 aliphatic rings. The molecule has 4 rings (SSSR count). The minimum absolute atomic E-state index is 0.000183. The molecule has 3 heterocycles. The van der Waals surface area contributed by atoms with Gasteiger partial charge in [-0.3, -0.25) is 19.3 Å². The van der Waals surface area contributed by atoms with Gasteiger partial charge in [0, 0.05) is 38.4 Å². The van der Waals surface area contributed by atoms with Crippen molar-refractivity contribution in [3.63, 3.8) is 0 Å². The highest BCUT2D eigenvalue weighted by Gasteiger charge is 2.31. The number of hydrogen-bond acceptors (Lipinski definition) is 8. The molecule has 12 nitrogen and oxygen atoms in total. The Hall–Kier alpha value is -4.89. The molecule has 0 saturated carbocycles. The summed E-state index contributed by atoms with van der Waals surface area (Å²) >= 11 is 0. The van der Waals surface area contributed by atoms with E-state index in [1.54, 1.807) is 12.1 Å². The van der Waals surface area contributed by atoms with Crippen LogP contribution in [0, 0.1) is 0 Å². The average molecular weight is 562 g/mol. The number of aromatic nitrogens is 7. The Bertz CT molecular complexity index is 1470. The third kappa shape index (κ3) is 7.81. The second-order valence-electron chi connectivity index (χ2n) is 8.69. The molecule has 0 fully saturated rings. The molecule has 16 heteroatoms. The lowest BCUT2D eigenvalue weighted by atomic mass is 10.2. The van der Waals surface area contributed by atoms with Gasteiger partial charge >= 0.3 is 6.18 Å². The van der Waals surface area contributed by atoms with Crippen molar-refractivity contribution in [2.24, 2.45) is 0 Å². The van der Waals surface area contributed by atoms with Crippen molar-refractivity contribution in [1.82, 2.24) is 45.6 Å². The molecule has 0 spiro atoms. The predicted molar refractivity (Wildman–Crippen MR) is 129 cm³/mol. The molecule has 0 aliphatic carbocycles. The van der Waals surface area contributed by atoms with Gasteiger partial charge in [0.05, 0.1) is 24.5 Å². The van der Waals surface area contributed by atoms with Crippen LogP contribution in [0.4, 0.5) is 17.6 Å². The maximum Gasteiger partial charge on any atom is 0.417 e. The van der Waals surface area contributed by atoms with E-state index in [0.29, 0.717) is 11.8 Å². The molecule has 0 bridgehead atoms. The summed E-state index contributed by atoms with van der Waals surface area (Å²) in [6.45, 7) is -0.153. The summed E-state index contributed by atoms with van der Waals surface area (Å²) in [6, 6.07) is 7.27. The Labute approximate surface area is 224 Å². The topological polar surface area (TPSA) is 153 Å². The van der Waals surface area contributed by atoms with E-state index in [0.717, 1.165) is 6.07 Å². The van der Waals surface area contributed by atoms with Crippen molar-refractivity contribution in [2.45, 2.75) is 44.9 Å². The van der Waals surface area contributed by atoms with E-state index in [1.807, 2.05) is 0 Å². The first-order chi connectivity index (χ1) is 19.1. The predicted octanol–water partition coefficient (Wildman–Crippen LogP) is 2.28. The molecule has 1 unspecified atom stereocenters. The van der Waals surface area contributed by atoms with Gasteiger partial charge < -0.3 is 15.7 Å². The van der Waals surface area contributed by atoms with Gasteiger partial charge in [0.2, 0.25) is 0 Å². The van der Waals surface area contributed by atoms with E-state index in [4.69, 9.17) is 0 Å². The number of amides is 2. The van der Waals surface area contributed by atoms with Gasteiger partial charge in [-0.05, 0) is 29.3 Å². The molecule has 1 atom stereocenters. The molecule has 40 heavy (non-hydrogen) atoms. The molecule has 210 valence electrons. The molecular weight excluding hydrogens is 538 g/mol. The number of phenols is 1. The Morgan fingerprint density at radius 3 is 2.25 bits per heavy atom. The van der Waals surface area contributed by atoms with Crippen molar-refractivity contribution < 1.29 is 32.3 Å². The van der Waals surface area contributed by atoms with Gasteiger partial charge in [0.25, 0.3) is 11.8 Å². The first-order valence-electron chi connectivity index (χ1n) is 11.9. The molecule has 3 N–H and O–H groups in total. The highest BCUT2D eigenvalue weighted by atomic mass is 19.4. The van der Waals surface area contributed by atoms with Crippen molar-refractivity contribution in [3.05, 3.63) is 83.2 Å². The molecular formula is C24H23F4N9O3. The summed E-state index contributed by atoms with van der Waals surface area (Å²) < 4.78 is 55.4. The number of aromatic hydroxyl groups is 1. The first kappa shape index (κ1) is 28.1. The normalized spacial score (nSPS) is 12.2. The zero-order chi connectivity index (χ0) is 28.7. The SMILES string of the molecule is O=C(NCc1cncc(C(F)(F)F)c1)c1cn(CCC(F)Cn2cc(C(=O)NCc3cccc(O)c3)nn2)nn1. The largest absolute Gasteiger partial charge is 0.508 e. The zero-order valence-electron chi connectivity index (χ0n) is 20.7. The van der Waals surface area contributed by atoms with Crippen LogP contribution in [0.3, 0.4) is 0 Å². The Kier molecular flexibility index (Phi) is 8.66. The number of nitrogens with zero attached hydrogens (tertiary/aromatic N) is 7. The minimum Gasteiger partial charge on any atom is -0.508 e. The quantitative estimate of drug-likeness (QED) is 0.236. The summed E-state index contributed by atoms with van der Waals surface area (Å²) in [5.41, 5.74) is -0.179. The number of alkyl halides is 4. The van der Waals surface area contributed by atoms with Crippen molar-refractivity contribution in [2.75, 3.05) is 0 Å². The molecule has 2 amide bonds. The van der Waals surface area contributed by atoms with Crippen LogP contribution in [-0.2, 0) is 32.4 Å². The van der Waals surface area contributed by atoms with Crippen LogP contribution in [0.2, 0.25) is 0 Å². The lowest BCUT2D eigenvalue weighted by Gasteiger charge is -2.08. The van der Waals surface area contributed by atoms with Crippen molar-refractivity contribution >= 4 is 11.8 Å². The second kappa shape index (κ2) is 12.3. The lowest BCUT2D eigenvalue weighted by molar-refractivity contribution is -0.137. The van der Waals surface area contributed by atoms with Crippen LogP contribution in [0.1, 0.15) is 44.1 Å². The number of rotatable bonds is 11.